The standard InChI is InChI=1S/C31H38FN3O6S/c1-21-9-8-10-23(17-21)19-34(22(2)30(37)33-31(3,4)5)29(36)20-35(25-13-11-24(32)12-14-25)42(38,39)26-15-16-27(40-6)28(18-26)41-7/h8-18,22H,19-20H2,1-7H3,(H,33,37). The molecular weight excluding hydrogens is 561 g/mol. The lowest BCUT2D eigenvalue weighted by atomic mass is 10.1. The Bertz CT molecular complexity index is 1520. The molecule has 0 heterocycles. The zero-order valence-electron chi connectivity index (χ0n) is 25.0. The fraction of sp³-hybridized carbons (Fsp3) is 0.355. The van der Waals surface area contributed by atoms with Crippen molar-refractivity contribution >= 4 is 27.5 Å². The summed E-state index contributed by atoms with van der Waals surface area (Å²) in [5.41, 5.74) is 1.26. The summed E-state index contributed by atoms with van der Waals surface area (Å²) in [6.45, 7) is 8.41. The minimum Gasteiger partial charge on any atom is -0.493 e. The van der Waals surface area contributed by atoms with Crippen molar-refractivity contribution in [3.8, 4) is 11.5 Å². The van der Waals surface area contributed by atoms with Crippen LogP contribution in [0, 0.1) is 12.7 Å². The van der Waals surface area contributed by atoms with E-state index in [1.165, 1.54) is 49.5 Å². The number of anilines is 1. The first-order valence-corrected chi connectivity index (χ1v) is 14.8. The maximum Gasteiger partial charge on any atom is 0.264 e. The van der Waals surface area contributed by atoms with Gasteiger partial charge in [-0.05, 0) is 76.6 Å². The zero-order chi connectivity index (χ0) is 31.2. The van der Waals surface area contributed by atoms with Gasteiger partial charge >= 0.3 is 0 Å². The second-order valence-electron chi connectivity index (χ2n) is 10.9. The number of rotatable bonds is 11. The molecule has 42 heavy (non-hydrogen) atoms. The van der Waals surface area contributed by atoms with Gasteiger partial charge in [-0.25, -0.2) is 12.8 Å². The molecule has 3 aromatic carbocycles. The predicted octanol–water partition coefficient (Wildman–Crippen LogP) is 4.68. The molecule has 0 aliphatic carbocycles. The van der Waals surface area contributed by atoms with E-state index in [0.29, 0.717) is 5.75 Å². The highest BCUT2D eigenvalue weighted by Crippen LogP contribution is 2.32. The van der Waals surface area contributed by atoms with Crippen LogP contribution in [0.5, 0.6) is 11.5 Å². The van der Waals surface area contributed by atoms with Gasteiger partial charge in [0, 0.05) is 18.2 Å². The van der Waals surface area contributed by atoms with Crippen molar-refractivity contribution in [2.45, 2.75) is 57.6 Å². The van der Waals surface area contributed by atoms with E-state index >= 15 is 0 Å². The fourth-order valence-corrected chi connectivity index (χ4v) is 5.73. The number of carbonyl (C=O) groups excluding carboxylic acids is 2. The normalized spacial score (nSPS) is 12.3. The second-order valence-corrected chi connectivity index (χ2v) is 12.8. The van der Waals surface area contributed by atoms with E-state index < -0.39 is 39.9 Å². The number of hydrogen-bond donors (Lipinski definition) is 1. The summed E-state index contributed by atoms with van der Waals surface area (Å²) in [5, 5.41) is 2.89. The fourth-order valence-electron chi connectivity index (χ4n) is 4.30. The molecule has 0 radical (unpaired) electrons. The molecule has 3 rings (SSSR count). The highest BCUT2D eigenvalue weighted by molar-refractivity contribution is 7.92. The molecule has 3 aromatic rings. The molecule has 0 aliphatic heterocycles. The molecule has 1 unspecified atom stereocenters. The van der Waals surface area contributed by atoms with Gasteiger partial charge in [-0.2, -0.15) is 0 Å². The summed E-state index contributed by atoms with van der Waals surface area (Å²) >= 11 is 0. The average molecular weight is 600 g/mol. The van der Waals surface area contributed by atoms with Gasteiger partial charge in [0.25, 0.3) is 10.0 Å². The van der Waals surface area contributed by atoms with Crippen molar-refractivity contribution < 1.29 is 31.9 Å². The molecule has 2 amide bonds. The predicted molar refractivity (Wildman–Crippen MR) is 160 cm³/mol. The first-order valence-electron chi connectivity index (χ1n) is 13.3. The van der Waals surface area contributed by atoms with E-state index in [0.717, 1.165) is 27.6 Å². The Balaban J connectivity index is 2.08. The average Bonchev–Trinajstić information content (AvgIpc) is 2.93. The van der Waals surface area contributed by atoms with Crippen molar-refractivity contribution in [3.63, 3.8) is 0 Å². The molecule has 0 spiro atoms. The van der Waals surface area contributed by atoms with Crippen LogP contribution in [0.4, 0.5) is 10.1 Å². The number of nitrogens with zero attached hydrogens (tertiary/aromatic N) is 2. The largest absolute Gasteiger partial charge is 0.493 e. The van der Waals surface area contributed by atoms with Crippen LogP contribution in [0.15, 0.2) is 71.6 Å². The first-order chi connectivity index (χ1) is 19.7. The van der Waals surface area contributed by atoms with Crippen LogP contribution < -0.4 is 19.1 Å². The van der Waals surface area contributed by atoms with Crippen LogP contribution in [0.25, 0.3) is 0 Å². The van der Waals surface area contributed by atoms with E-state index in [1.807, 2.05) is 52.0 Å². The van der Waals surface area contributed by atoms with Gasteiger partial charge in [0.15, 0.2) is 11.5 Å². The minimum atomic E-state index is -4.38. The van der Waals surface area contributed by atoms with Gasteiger partial charge in [0.1, 0.15) is 18.4 Å². The summed E-state index contributed by atoms with van der Waals surface area (Å²) in [7, 11) is -1.58. The van der Waals surface area contributed by atoms with Gasteiger partial charge in [0.05, 0.1) is 24.8 Å². The highest BCUT2D eigenvalue weighted by atomic mass is 32.2. The van der Waals surface area contributed by atoms with Crippen LogP contribution >= 0.6 is 0 Å². The lowest BCUT2D eigenvalue weighted by molar-refractivity contribution is -0.140. The maximum atomic E-state index is 14.0. The van der Waals surface area contributed by atoms with Crippen LogP contribution in [0.3, 0.4) is 0 Å². The van der Waals surface area contributed by atoms with Crippen molar-refractivity contribution in [1.29, 1.82) is 0 Å². The van der Waals surface area contributed by atoms with Gasteiger partial charge in [-0.3, -0.25) is 13.9 Å². The molecule has 9 nitrogen and oxygen atoms in total. The van der Waals surface area contributed by atoms with E-state index in [1.54, 1.807) is 6.92 Å². The molecule has 0 fully saturated rings. The third kappa shape index (κ3) is 8.00. The third-order valence-electron chi connectivity index (χ3n) is 6.44. The molecule has 1 N–H and O–H groups in total. The first kappa shape index (κ1) is 32.4. The number of aryl methyl sites for hydroxylation is 1. The molecular formula is C31H38FN3O6S. The molecule has 0 aliphatic rings. The van der Waals surface area contributed by atoms with E-state index in [-0.39, 0.29) is 28.8 Å². The van der Waals surface area contributed by atoms with Crippen LogP contribution in [-0.2, 0) is 26.2 Å². The lowest BCUT2D eigenvalue weighted by Gasteiger charge is -2.33. The van der Waals surface area contributed by atoms with E-state index in [2.05, 4.69) is 5.32 Å². The Hall–Kier alpha value is -4.12. The molecule has 0 saturated heterocycles. The Labute approximate surface area is 247 Å². The van der Waals surface area contributed by atoms with Gasteiger partial charge in [-0.15, -0.1) is 0 Å². The topological polar surface area (TPSA) is 105 Å². The number of nitrogens with one attached hydrogen (secondary N) is 1. The Morgan fingerprint density at radius 1 is 0.952 bits per heavy atom. The molecule has 11 heteroatoms. The molecule has 226 valence electrons. The molecule has 0 aromatic heterocycles. The van der Waals surface area contributed by atoms with E-state index in [4.69, 9.17) is 9.47 Å². The van der Waals surface area contributed by atoms with Crippen molar-refractivity contribution in [2.75, 3.05) is 25.1 Å². The van der Waals surface area contributed by atoms with Gasteiger partial charge in [-0.1, -0.05) is 29.8 Å². The smallest absolute Gasteiger partial charge is 0.264 e. The highest BCUT2D eigenvalue weighted by Gasteiger charge is 2.34. The lowest BCUT2D eigenvalue weighted by Crippen LogP contribution is -2.54. The SMILES string of the molecule is COc1ccc(S(=O)(=O)N(CC(=O)N(Cc2cccc(C)c2)C(C)C(=O)NC(C)(C)C)c2ccc(F)cc2)cc1OC. The minimum absolute atomic E-state index is 0.0624. The number of methoxy groups -OCH3 is 2. The number of ether oxygens (including phenoxy) is 2. The van der Waals surface area contributed by atoms with Crippen molar-refractivity contribution in [2.24, 2.45) is 0 Å². The summed E-state index contributed by atoms with van der Waals surface area (Å²) in [5.74, 6) is -1.08. The number of benzene rings is 3. The summed E-state index contributed by atoms with van der Waals surface area (Å²) in [6, 6.07) is 15.4. The van der Waals surface area contributed by atoms with Crippen LogP contribution in [0.2, 0.25) is 0 Å². The monoisotopic (exact) mass is 599 g/mol. The Morgan fingerprint density at radius 2 is 1.60 bits per heavy atom. The number of hydrogen-bond acceptors (Lipinski definition) is 6. The van der Waals surface area contributed by atoms with Crippen molar-refractivity contribution in [1.82, 2.24) is 10.2 Å². The van der Waals surface area contributed by atoms with Crippen LogP contribution in [0.1, 0.15) is 38.8 Å². The van der Waals surface area contributed by atoms with Gasteiger partial charge < -0.3 is 19.7 Å². The quantitative estimate of drug-likeness (QED) is 0.343. The number of amides is 2. The summed E-state index contributed by atoms with van der Waals surface area (Å²) in [4.78, 5) is 28.4. The zero-order valence-corrected chi connectivity index (χ0v) is 25.8. The second kappa shape index (κ2) is 13.2. The van der Waals surface area contributed by atoms with Crippen molar-refractivity contribution in [3.05, 3.63) is 83.7 Å². The maximum absolute atomic E-state index is 14.0. The third-order valence-corrected chi connectivity index (χ3v) is 8.21. The number of carbonyl (C=O) groups is 2. The Kier molecular flexibility index (Phi) is 10.2. The summed E-state index contributed by atoms with van der Waals surface area (Å²) in [6.07, 6.45) is 0. The number of sulfonamides is 1. The molecule has 1 atom stereocenters. The van der Waals surface area contributed by atoms with E-state index in [9.17, 15) is 22.4 Å². The summed E-state index contributed by atoms with van der Waals surface area (Å²) < 4.78 is 53.3. The Morgan fingerprint density at radius 3 is 2.17 bits per heavy atom. The van der Waals surface area contributed by atoms with Crippen LogP contribution in [-0.4, -0.2) is 57.5 Å². The molecule has 0 bridgehead atoms. The van der Waals surface area contributed by atoms with Gasteiger partial charge in [0.2, 0.25) is 11.8 Å². The molecule has 0 saturated carbocycles. The number of halogens is 1.